The van der Waals surface area contributed by atoms with Gasteiger partial charge in [0.2, 0.25) is 0 Å². The van der Waals surface area contributed by atoms with Gasteiger partial charge in [-0.2, -0.15) is 0 Å². The normalized spacial score (nSPS) is 23.8. The zero-order chi connectivity index (χ0) is 13.9. The maximum absolute atomic E-state index is 9.85. The van der Waals surface area contributed by atoms with Crippen LogP contribution in [-0.4, -0.2) is 22.0 Å². The highest BCUT2D eigenvalue weighted by atomic mass is 32.2. The fourth-order valence-corrected chi connectivity index (χ4v) is 3.49. The molecule has 3 heteroatoms. The highest BCUT2D eigenvalue weighted by Gasteiger charge is 2.25. The molecule has 2 N–H and O–H groups in total. The summed E-state index contributed by atoms with van der Waals surface area (Å²) >= 11 is 1.82. The highest BCUT2D eigenvalue weighted by Crippen LogP contribution is 2.34. The van der Waals surface area contributed by atoms with Crippen LogP contribution < -0.4 is 5.32 Å². The van der Waals surface area contributed by atoms with Crippen molar-refractivity contribution in [2.75, 3.05) is 0 Å². The number of rotatable bonds is 4. The van der Waals surface area contributed by atoms with E-state index >= 15 is 0 Å². The first-order valence-electron chi connectivity index (χ1n) is 7.13. The van der Waals surface area contributed by atoms with Gasteiger partial charge in [-0.3, -0.25) is 0 Å². The predicted octanol–water partition coefficient (Wildman–Crippen LogP) is 3.58. The SMILES string of the molecule is CC(C)(C)NCc1ccc(SC2CCCC2O)cc1. The van der Waals surface area contributed by atoms with E-state index in [9.17, 15) is 5.11 Å². The van der Waals surface area contributed by atoms with E-state index in [2.05, 4.69) is 50.4 Å². The van der Waals surface area contributed by atoms with Gasteiger partial charge >= 0.3 is 0 Å². The maximum Gasteiger partial charge on any atom is 0.0662 e. The molecule has 2 atom stereocenters. The molecule has 1 saturated carbocycles. The first-order chi connectivity index (χ1) is 8.94. The summed E-state index contributed by atoms with van der Waals surface area (Å²) in [6, 6.07) is 8.72. The Kier molecular flexibility index (Phi) is 4.93. The van der Waals surface area contributed by atoms with Gasteiger partial charge in [-0.05, 0) is 57.7 Å². The molecule has 0 spiro atoms. The molecule has 106 valence electrons. The number of nitrogens with one attached hydrogen (secondary N) is 1. The molecule has 0 amide bonds. The quantitative estimate of drug-likeness (QED) is 0.883. The smallest absolute Gasteiger partial charge is 0.0662 e. The van der Waals surface area contributed by atoms with Crippen molar-refractivity contribution in [1.29, 1.82) is 0 Å². The van der Waals surface area contributed by atoms with Crippen molar-refractivity contribution in [3.05, 3.63) is 29.8 Å². The highest BCUT2D eigenvalue weighted by molar-refractivity contribution is 8.00. The summed E-state index contributed by atoms with van der Waals surface area (Å²) in [6.45, 7) is 7.44. The first-order valence-corrected chi connectivity index (χ1v) is 8.01. The standard InChI is InChI=1S/C16H25NOS/c1-16(2,3)17-11-12-7-9-13(10-8-12)19-15-6-4-5-14(15)18/h7-10,14-15,17-18H,4-6,11H2,1-3H3. The van der Waals surface area contributed by atoms with E-state index in [1.807, 2.05) is 11.8 Å². The number of benzene rings is 1. The van der Waals surface area contributed by atoms with E-state index < -0.39 is 0 Å². The summed E-state index contributed by atoms with van der Waals surface area (Å²) < 4.78 is 0. The zero-order valence-corrected chi connectivity index (χ0v) is 13.0. The molecule has 1 aromatic carbocycles. The summed E-state index contributed by atoms with van der Waals surface area (Å²) in [5.41, 5.74) is 1.47. The average Bonchev–Trinajstić information content (AvgIpc) is 2.73. The Balaban J connectivity index is 1.87. The zero-order valence-electron chi connectivity index (χ0n) is 12.1. The number of aliphatic hydroxyl groups is 1. The number of thioether (sulfide) groups is 1. The Hall–Kier alpha value is -0.510. The number of hydrogen-bond donors (Lipinski definition) is 2. The molecule has 1 aromatic rings. The van der Waals surface area contributed by atoms with Gasteiger partial charge in [-0.1, -0.05) is 12.1 Å². The van der Waals surface area contributed by atoms with Crippen molar-refractivity contribution >= 4 is 11.8 Å². The van der Waals surface area contributed by atoms with Crippen molar-refractivity contribution < 1.29 is 5.11 Å². The molecule has 1 aliphatic rings. The summed E-state index contributed by atoms with van der Waals surface area (Å²) in [4.78, 5) is 1.27. The van der Waals surface area contributed by atoms with Gasteiger partial charge in [0, 0.05) is 22.2 Å². The molecule has 1 aliphatic carbocycles. The maximum atomic E-state index is 9.85. The van der Waals surface area contributed by atoms with Gasteiger partial charge in [0.1, 0.15) is 0 Å². The van der Waals surface area contributed by atoms with E-state index in [4.69, 9.17) is 0 Å². The summed E-state index contributed by atoms with van der Waals surface area (Å²) in [6.07, 6.45) is 3.14. The molecule has 19 heavy (non-hydrogen) atoms. The Morgan fingerprint density at radius 1 is 1.21 bits per heavy atom. The Labute approximate surface area is 121 Å². The largest absolute Gasteiger partial charge is 0.392 e. The lowest BCUT2D eigenvalue weighted by Gasteiger charge is -2.20. The lowest BCUT2D eigenvalue weighted by Crippen LogP contribution is -2.35. The molecule has 0 radical (unpaired) electrons. The van der Waals surface area contributed by atoms with E-state index in [1.54, 1.807) is 0 Å². The van der Waals surface area contributed by atoms with Crippen LogP contribution in [0.3, 0.4) is 0 Å². The molecule has 0 aromatic heterocycles. The van der Waals surface area contributed by atoms with Gasteiger partial charge in [0.25, 0.3) is 0 Å². The van der Waals surface area contributed by atoms with Crippen LogP contribution in [0.15, 0.2) is 29.2 Å². The summed E-state index contributed by atoms with van der Waals surface area (Å²) in [5, 5.41) is 13.7. The van der Waals surface area contributed by atoms with Gasteiger partial charge in [-0.25, -0.2) is 0 Å². The molecule has 0 saturated heterocycles. The lowest BCUT2D eigenvalue weighted by molar-refractivity contribution is 0.188. The molecule has 0 bridgehead atoms. The van der Waals surface area contributed by atoms with Crippen molar-refractivity contribution in [1.82, 2.24) is 5.32 Å². The average molecular weight is 279 g/mol. The second-order valence-corrected chi connectivity index (χ2v) is 7.71. The predicted molar refractivity (Wildman–Crippen MR) is 82.5 cm³/mol. The van der Waals surface area contributed by atoms with Crippen LogP contribution in [0.5, 0.6) is 0 Å². The molecule has 2 unspecified atom stereocenters. The van der Waals surface area contributed by atoms with E-state index in [-0.39, 0.29) is 11.6 Å². The molecule has 2 nitrogen and oxygen atoms in total. The van der Waals surface area contributed by atoms with Crippen LogP contribution in [0.25, 0.3) is 0 Å². The fourth-order valence-electron chi connectivity index (χ4n) is 2.27. The summed E-state index contributed by atoms with van der Waals surface area (Å²) in [7, 11) is 0. The Morgan fingerprint density at radius 2 is 1.89 bits per heavy atom. The minimum atomic E-state index is -0.118. The van der Waals surface area contributed by atoms with Crippen LogP contribution in [0, 0.1) is 0 Å². The Bertz CT molecular complexity index is 396. The van der Waals surface area contributed by atoms with Crippen molar-refractivity contribution in [2.24, 2.45) is 0 Å². The van der Waals surface area contributed by atoms with Gasteiger partial charge in [0.05, 0.1) is 6.10 Å². The van der Waals surface area contributed by atoms with E-state index in [0.717, 1.165) is 25.8 Å². The molecule has 2 rings (SSSR count). The van der Waals surface area contributed by atoms with Crippen LogP contribution in [0.2, 0.25) is 0 Å². The van der Waals surface area contributed by atoms with Crippen LogP contribution in [0.4, 0.5) is 0 Å². The van der Waals surface area contributed by atoms with Crippen LogP contribution >= 0.6 is 11.8 Å². The molecule has 0 aliphatic heterocycles. The van der Waals surface area contributed by atoms with Crippen molar-refractivity contribution in [3.8, 4) is 0 Å². The second-order valence-electron chi connectivity index (χ2n) is 6.40. The lowest BCUT2D eigenvalue weighted by atomic mass is 10.1. The third-order valence-electron chi connectivity index (χ3n) is 3.45. The summed E-state index contributed by atoms with van der Waals surface area (Å²) in [5.74, 6) is 0. The molecular formula is C16H25NOS. The third kappa shape index (κ3) is 4.83. The first kappa shape index (κ1) is 14.9. The molecule has 0 heterocycles. The van der Waals surface area contributed by atoms with E-state index in [1.165, 1.54) is 10.5 Å². The second kappa shape index (κ2) is 6.29. The Morgan fingerprint density at radius 3 is 2.42 bits per heavy atom. The van der Waals surface area contributed by atoms with Crippen molar-refractivity contribution in [2.45, 2.75) is 68.4 Å². The molecular weight excluding hydrogens is 254 g/mol. The van der Waals surface area contributed by atoms with Crippen LogP contribution in [-0.2, 0) is 6.54 Å². The minimum Gasteiger partial charge on any atom is -0.392 e. The topological polar surface area (TPSA) is 32.3 Å². The minimum absolute atomic E-state index is 0.118. The van der Waals surface area contributed by atoms with Crippen molar-refractivity contribution in [3.63, 3.8) is 0 Å². The third-order valence-corrected chi connectivity index (χ3v) is 4.85. The van der Waals surface area contributed by atoms with Gasteiger partial charge in [-0.15, -0.1) is 11.8 Å². The van der Waals surface area contributed by atoms with Crippen LogP contribution in [0.1, 0.15) is 45.6 Å². The molecule has 1 fully saturated rings. The van der Waals surface area contributed by atoms with E-state index in [0.29, 0.717) is 5.25 Å². The fraction of sp³-hybridized carbons (Fsp3) is 0.625. The number of aliphatic hydroxyl groups excluding tert-OH is 1. The van der Waals surface area contributed by atoms with Gasteiger partial charge in [0.15, 0.2) is 0 Å². The number of hydrogen-bond acceptors (Lipinski definition) is 3. The van der Waals surface area contributed by atoms with Gasteiger partial charge < -0.3 is 10.4 Å². The monoisotopic (exact) mass is 279 g/mol.